The lowest BCUT2D eigenvalue weighted by atomic mass is 9.79. The van der Waals surface area contributed by atoms with E-state index >= 15 is 0 Å². The zero-order valence-electron chi connectivity index (χ0n) is 18.7. The second-order valence-corrected chi connectivity index (χ2v) is 11.1. The zero-order chi connectivity index (χ0) is 22.7. The minimum Gasteiger partial charge on any atom is -0.378 e. The van der Waals surface area contributed by atoms with Gasteiger partial charge in [0, 0.05) is 41.7 Å². The quantitative estimate of drug-likeness (QED) is 0.314. The SMILES string of the molecule is CC1=C(C(=O)C2=C(C)C(Nc3ccccc3I)CCC2)CCCC1Nc1ccccc1I. The molecule has 4 rings (SSSR count). The molecule has 2 aromatic carbocycles. The van der Waals surface area contributed by atoms with Crippen molar-refractivity contribution in [2.75, 3.05) is 10.6 Å². The van der Waals surface area contributed by atoms with Gasteiger partial charge in [0.15, 0.2) is 5.78 Å². The van der Waals surface area contributed by atoms with Crippen molar-refractivity contribution >= 4 is 62.3 Å². The summed E-state index contributed by atoms with van der Waals surface area (Å²) in [6.45, 7) is 4.31. The van der Waals surface area contributed by atoms with Gasteiger partial charge in [0.1, 0.15) is 0 Å². The van der Waals surface area contributed by atoms with Crippen LogP contribution >= 0.6 is 45.2 Å². The molecule has 32 heavy (non-hydrogen) atoms. The summed E-state index contributed by atoms with van der Waals surface area (Å²) in [6, 6.07) is 17.2. The second kappa shape index (κ2) is 10.7. The van der Waals surface area contributed by atoms with E-state index in [1.807, 2.05) is 0 Å². The highest BCUT2D eigenvalue weighted by Gasteiger charge is 2.30. The Morgan fingerprint density at radius 2 is 1.16 bits per heavy atom. The first kappa shape index (κ1) is 23.8. The van der Waals surface area contributed by atoms with Crippen molar-refractivity contribution in [1.29, 1.82) is 0 Å². The zero-order valence-corrected chi connectivity index (χ0v) is 23.0. The van der Waals surface area contributed by atoms with Crippen molar-refractivity contribution < 1.29 is 4.79 Å². The van der Waals surface area contributed by atoms with E-state index in [1.54, 1.807) is 0 Å². The van der Waals surface area contributed by atoms with Crippen LogP contribution < -0.4 is 10.6 Å². The molecule has 0 heterocycles. The molecule has 5 heteroatoms. The molecule has 2 aliphatic rings. The van der Waals surface area contributed by atoms with Gasteiger partial charge in [-0.1, -0.05) is 24.3 Å². The van der Waals surface area contributed by atoms with E-state index in [-0.39, 0.29) is 17.9 Å². The highest BCUT2D eigenvalue weighted by atomic mass is 127. The molecule has 0 saturated heterocycles. The number of hydrogen-bond donors (Lipinski definition) is 2. The number of nitrogens with one attached hydrogen (secondary N) is 2. The van der Waals surface area contributed by atoms with Crippen LogP contribution in [0.1, 0.15) is 52.4 Å². The summed E-state index contributed by atoms with van der Waals surface area (Å²) in [5.74, 6) is 0.281. The van der Waals surface area contributed by atoms with E-state index < -0.39 is 0 Å². The average molecular weight is 652 g/mol. The van der Waals surface area contributed by atoms with Crippen molar-refractivity contribution in [3.05, 3.63) is 78.0 Å². The molecule has 2 N–H and O–H groups in total. The lowest BCUT2D eigenvalue weighted by Gasteiger charge is -2.31. The number of carbonyl (C=O) groups excluding carboxylic acids is 1. The highest BCUT2D eigenvalue weighted by molar-refractivity contribution is 14.1. The largest absolute Gasteiger partial charge is 0.378 e. The van der Waals surface area contributed by atoms with Crippen LogP contribution in [-0.4, -0.2) is 17.9 Å². The number of Topliss-reactive ketones (excluding diaryl/α,β-unsaturated/α-hetero) is 1. The summed E-state index contributed by atoms with van der Waals surface area (Å²) in [4.78, 5) is 13.7. The minimum absolute atomic E-state index is 0.225. The number of anilines is 2. The van der Waals surface area contributed by atoms with Crippen LogP contribution in [0.2, 0.25) is 0 Å². The van der Waals surface area contributed by atoms with Crippen LogP contribution in [0.5, 0.6) is 0 Å². The fraction of sp³-hybridized carbons (Fsp3) is 0.370. The second-order valence-electron chi connectivity index (χ2n) is 8.79. The molecular weight excluding hydrogens is 622 g/mol. The van der Waals surface area contributed by atoms with Gasteiger partial charge in [0.25, 0.3) is 0 Å². The lowest BCUT2D eigenvalue weighted by molar-refractivity contribution is -0.112. The van der Waals surface area contributed by atoms with Gasteiger partial charge in [-0.05, 0) is 133 Å². The molecule has 168 valence electrons. The minimum atomic E-state index is 0.225. The summed E-state index contributed by atoms with van der Waals surface area (Å²) in [6.07, 6.45) is 6.02. The molecular formula is C27H30I2N2O. The smallest absolute Gasteiger partial charge is 0.185 e. The van der Waals surface area contributed by atoms with Crippen LogP contribution in [0.3, 0.4) is 0 Å². The van der Waals surface area contributed by atoms with Gasteiger partial charge in [0.05, 0.1) is 0 Å². The third-order valence-electron chi connectivity index (χ3n) is 6.79. The molecule has 0 amide bonds. The topological polar surface area (TPSA) is 41.1 Å². The van der Waals surface area contributed by atoms with Crippen LogP contribution in [0.4, 0.5) is 11.4 Å². The van der Waals surface area contributed by atoms with E-state index in [1.165, 1.54) is 18.3 Å². The number of benzene rings is 2. The van der Waals surface area contributed by atoms with Gasteiger partial charge >= 0.3 is 0 Å². The van der Waals surface area contributed by atoms with Gasteiger partial charge in [-0.2, -0.15) is 0 Å². The summed E-state index contributed by atoms with van der Waals surface area (Å²) in [5, 5.41) is 7.40. The fourth-order valence-corrected chi connectivity index (χ4v) is 5.96. The Labute approximate surface area is 218 Å². The average Bonchev–Trinajstić information content (AvgIpc) is 2.79. The molecule has 2 aliphatic carbocycles. The van der Waals surface area contributed by atoms with Crippen LogP contribution in [0.25, 0.3) is 0 Å². The molecule has 0 aromatic heterocycles. The Bertz CT molecular complexity index is 989. The van der Waals surface area contributed by atoms with Crippen molar-refractivity contribution in [3.8, 4) is 0 Å². The number of para-hydroxylation sites is 2. The predicted molar refractivity (Wildman–Crippen MR) is 151 cm³/mol. The first-order valence-electron chi connectivity index (χ1n) is 11.4. The first-order chi connectivity index (χ1) is 15.5. The van der Waals surface area contributed by atoms with E-state index in [0.717, 1.165) is 61.0 Å². The molecule has 2 unspecified atom stereocenters. The number of carbonyl (C=O) groups is 1. The molecule has 2 atom stereocenters. The van der Waals surface area contributed by atoms with Gasteiger partial charge < -0.3 is 10.6 Å². The summed E-state index contributed by atoms with van der Waals surface area (Å²) < 4.78 is 2.43. The Morgan fingerprint density at radius 1 is 0.750 bits per heavy atom. The summed E-state index contributed by atoms with van der Waals surface area (Å²) in [7, 11) is 0. The predicted octanol–water partition coefficient (Wildman–Crippen LogP) is 7.73. The Hall–Kier alpha value is -1.35. The normalized spacial score (nSPS) is 21.5. The molecule has 0 radical (unpaired) electrons. The van der Waals surface area contributed by atoms with Crippen LogP contribution in [-0.2, 0) is 4.79 Å². The van der Waals surface area contributed by atoms with E-state index in [4.69, 9.17) is 0 Å². The molecule has 3 nitrogen and oxygen atoms in total. The van der Waals surface area contributed by atoms with Gasteiger partial charge in [-0.25, -0.2) is 0 Å². The molecule has 0 fully saturated rings. The van der Waals surface area contributed by atoms with Crippen molar-refractivity contribution in [1.82, 2.24) is 0 Å². The van der Waals surface area contributed by atoms with E-state index in [9.17, 15) is 4.79 Å². The molecule has 0 bridgehead atoms. The van der Waals surface area contributed by atoms with Gasteiger partial charge in [0.2, 0.25) is 0 Å². The maximum Gasteiger partial charge on any atom is 0.185 e. The summed E-state index contributed by atoms with van der Waals surface area (Å²) >= 11 is 4.75. The van der Waals surface area contributed by atoms with E-state index in [0.29, 0.717) is 0 Å². The van der Waals surface area contributed by atoms with Crippen LogP contribution in [0, 0.1) is 7.14 Å². The standard InChI is InChI=1S/C27H30I2N2O/c1-17-19(9-7-15-23(17)30-25-13-5-3-11-21(25)28)27(32)20-10-8-16-24(18(20)2)31-26-14-6-4-12-22(26)29/h3-6,11-14,23-24,30-31H,7-10,15-16H2,1-2H3. The number of rotatable bonds is 6. The highest BCUT2D eigenvalue weighted by Crippen LogP contribution is 2.35. The molecule has 0 aliphatic heterocycles. The lowest BCUT2D eigenvalue weighted by Crippen LogP contribution is -2.31. The van der Waals surface area contributed by atoms with Crippen molar-refractivity contribution in [2.45, 2.75) is 64.5 Å². The monoisotopic (exact) mass is 652 g/mol. The van der Waals surface area contributed by atoms with Crippen molar-refractivity contribution in [2.24, 2.45) is 0 Å². The number of ketones is 1. The van der Waals surface area contributed by atoms with Crippen molar-refractivity contribution in [3.63, 3.8) is 0 Å². The molecule has 2 aromatic rings. The third kappa shape index (κ3) is 5.24. The summed E-state index contributed by atoms with van der Waals surface area (Å²) in [5.41, 5.74) is 6.80. The van der Waals surface area contributed by atoms with Gasteiger partial charge in [-0.15, -0.1) is 0 Å². The Kier molecular flexibility index (Phi) is 7.97. The maximum absolute atomic E-state index is 13.7. The Balaban J connectivity index is 1.57. The number of allylic oxidation sites excluding steroid dienone is 2. The number of halogens is 2. The fourth-order valence-electron chi connectivity index (χ4n) is 4.87. The molecule has 0 spiro atoms. The third-order valence-corrected chi connectivity index (χ3v) is 8.67. The maximum atomic E-state index is 13.7. The van der Waals surface area contributed by atoms with Gasteiger partial charge in [-0.3, -0.25) is 4.79 Å². The molecule has 0 saturated carbocycles. The number of hydrogen-bond acceptors (Lipinski definition) is 3. The van der Waals surface area contributed by atoms with Crippen LogP contribution in [0.15, 0.2) is 70.8 Å². The first-order valence-corrected chi connectivity index (χ1v) is 13.6. The Morgan fingerprint density at radius 3 is 1.56 bits per heavy atom. The van der Waals surface area contributed by atoms with E-state index in [2.05, 4.69) is 118 Å².